The molecule has 1 amide bonds. The molecule has 0 atom stereocenters. The number of fused-ring (bicyclic) bond motifs is 1. The molecule has 0 spiro atoms. The zero-order valence-corrected chi connectivity index (χ0v) is 15.4. The van der Waals surface area contributed by atoms with Crippen LogP contribution in [0.3, 0.4) is 0 Å². The highest BCUT2D eigenvalue weighted by Gasteiger charge is 2.28. The number of nitrogens with one attached hydrogen (secondary N) is 1. The van der Waals surface area contributed by atoms with Crippen LogP contribution in [0.5, 0.6) is 0 Å². The van der Waals surface area contributed by atoms with Gasteiger partial charge in [-0.1, -0.05) is 6.07 Å². The molecule has 1 N–H and O–H groups in total. The second-order valence-corrected chi connectivity index (χ2v) is 7.75. The third-order valence-corrected chi connectivity index (χ3v) is 5.63. The van der Waals surface area contributed by atoms with Gasteiger partial charge < -0.3 is 5.32 Å². The fourth-order valence-corrected chi connectivity index (χ4v) is 4.00. The van der Waals surface area contributed by atoms with E-state index in [9.17, 15) is 4.79 Å². The molecule has 0 saturated heterocycles. The van der Waals surface area contributed by atoms with E-state index in [0.29, 0.717) is 18.0 Å². The average Bonchev–Trinajstić information content (AvgIpc) is 3.25. The quantitative estimate of drug-likeness (QED) is 0.688. The second-order valence-electron chi connectivity index (χ2n) is 6.72. The van der Waals surface area contributed by atoms with Crippen molar-refractivity contribution in [2.24, 2.45) is 7.05 Å². The summed E-state index contributed by atoms with van der Waals surface area (Å²) in [6.45, 7) is 2.62. The Morgan fingerprint density at radius 3 is 3.00 bits per heavy atom. The van der Waals surface area contributed by atoms with Gasteiger partial charge in [-0.05, 0) is 50.1 Å². The van der Waals surface area contributed by atoms with Gasteiger partial charge >= 0.3 is 0 Å². The summed E-state index contributed by atoms with van der Waals surface area (Å²) in [4.78, 5) is 18.9. The number of rotatable bonds is 6. The van der Waals surface area contributed by atoms with E-state index in [2.05, 4.69) is 27.9 Å². The minimum Gasteiger partial charge on any atom is -0.352 e. The Hall–Kier alpha value is -2.21. The van der Waals surface area contributed by atoms with E-state index in [-0.39, 0.29) is 5.91 Å². The molecule has 1 saturated carbocycles. The van der Waals surface area contributed by atoms with E-state index >= 15 is 0 Å². The summed E-state index contributed by atoms with van der Waals surface area (Å²) in [5.41, 5.74) is 3.41. The van der Waals surface area contributed by atoms with Crippen LogP contribution in [0.4, 0.5) is 0 Å². The number of hydrogen-bond acceptors (Lipinski definition) is 4. The molecule has 5 nitrogen and oxygen atoms in total. The van der Waals surface area contributed by atoms with Gasteiger partial charge in [0.2, 0.25) is 0 Å². The van der Waals surface area contributed by atoms with Gasteiger partial charge in [-0.2, -0.15) is 5.10 Å². The van der Waals surface area contributed by atoms with Crippen molar-refractivity contribution in [1.29, 1.82) is 0 Å². The summed E-state index contributed by atoms with van der Waals surface area (Å²) in [5.74, 6) is 0.488. The van der Waals surface area contributed by atoms with Crippen molar-refractivity contribution in [2.75, 3.05) is 6.54 Å². The van der Waals surface area contributed by atoms with Crippen molar-refractivity contribution in [3.8, 4) is 0 Å². The Morgan fingerprint density at radius 1 is 1.44 bits per heavy atom. The van der Waals surface area contributed by atoms with E-state index in [1.165, 1.54) is 4.88 Å². The van der Waals surface area contributed by atoms with Crippen LogP contribution < -0.4 is 5.32 Å². The maximum absolute atomic E-state index is 12.8. The van der Waals surface area contributed by atoms with Crippen molar-refractivity contribution in [2.45, 2.75) is 38.5 Å². The minimum atomic E-state index is -0.0171. The molecule has 0 radical (unpaired) electrons. The van der Waals surface area contributed by atoms with Crippen LogP contribution >= 0.6 is 11.3 Å². The highest BCUT2D eigenvalue weighted by atomic mass is 32.1. The highest BCUT2D eigenvalue weighted by molar-refractivity contribution is 7.09. The van der Waals surface area contributed by atoms with Gasteiger partial charge in [-0.3, -0.25) is 9.48 Å². The Labute approximate surface area is 151 Å². The predicted octanol–water partition coefficient (Wildman–Crippen LogP) is 3.58. The average molecular weight is 354 g/mol. The van der Waals surface area contributed by atoms with Gasteiger partial charge in [-0.15, -0.1) is 11.3 Å². The number of nitrogens with zero attached hydrogens (tertiary/aromatic N) is 3. The van der Waals surface area contributed by atoms with Crippen molar-refractivity contribution in [3.63, 3.8) is 0 Å². The van der Waals surface area contributed by atoms with Gasteiger partial charge in [-0.25, -0.2) is 4.98 Å². The highest BCUT2D eigenvalue weighted by Crippen LogP contribution is 2.40. The zero-order valence-electron chi connectivity index (χ0n) is 14.6. The molecular weight excluding hydrogens is 332 g/mol. The van der Waals surface area contributed by atoms with E-state index in [1.54, 1.807) is 16.0 Å². The van der Waals surface area contributed by atoms with E-state index in [0.717, 1.165) is 48.1 Å². The maximum atomic E-state index is 12.8. The van der Waals surface area contributed by atoms with Gasteiger partial charge in [0, 0.05) is 30.1 Å². The van der Waals surface area contributed by atoms with Crippen LogP contribution in [0.25, 0.3) is 11.0 Å². The fraction of sp³-hybridized carbons (Fsp3) is 0.421. The molecule has 3 aromatic rings. The van der Waals surface area contributed by atoms with E-state index < -0.39 is 0 Å². The monoisotopic (exact) mass is 354 g/mol. The molecule has 0 aliphatic heterocycles. The molecule has 0 unspecified atom stereocenters. The molecule has 130 valence electrons. The summed E-state index contributed by atoms with van der Waals surface area (Å²) in [6, 6.07) is 6.18. The Morgan fingerprint density at radius 2 is 2.28 bits per heavy atom. The molecule has 1 aliphatic rings. The van der Waals surface area contributed by atoms with Crippen molar-refractivity contribution < 1.29 is 4.79 Å². The molecule has 25 heavy (non-hydrogen) atoms. The number of carbonyl (C=O) groups is 1. The van der Waals surface area contributed by atoms with Crippen LogP contribution in [-0.4, -0.2) is 27.2 Å². The SMILES string of the molecule is Cc1nn(C)c2nc(C3CC3)cc(C(=O)NCCCc3cccs3)c12. The number of aryl methyl sites for hydroxylation is 3. The van der Waals surface area contributed by atoms with Gasteiger partial charge in [0.15, 0.2) is 5.65 Å². The third kappa shape index (κ3) is 3.31. The summed E-state index contributed by atoms with van der Waals surface area (Å²) in [5, 5.41) is 10.5. The third-order valence-electron chi connectivity index (χ3n) is 4.69. The lowest BCUT2D eigenvalue weighted by Crippen LogP contribution is -2.25. The largest absolute Gasteiger partial charge is 0.352 e. The Kier molecular flexibility index (Phi) is 4.29. The number of aromatic nitrogens is 3. The summed E-state index contributed by atoms with van der Waals surface area (Å²) in [6.07, 6.45) is 4.28. The number of thiophene rings is 1. The molecule has 1 aliphatic carbocycles. The lowest BCUT2D eigenvalue weighted by Gasteiger charge is -2.09. The molecule has 3 heterocycles. The second kappa shape index (κ2) is 6.59. The summed E-state index contributed by atoms with van der Waals surface area (Å²) in [7, 11) is 1.89. The minimum absolute atomic E-state index is 0.0171. The molecule has 4 rings (SSSR count). The lowest BCUT2D eigenvalue weighted by atomic mass is 10.1. The summed E-state index contributed by atoms with van der Waals surface area (Å²) < 4.78 is 1.78. The first-order valence-electron chi connectivity index (χ1n) is 8.78. The lowest BCUT2D eigenvalue weighted by molar-refractivity contribution is 0.0954. The number of carbonyl (C=O) groups excluding carboxylic acids is 1. The van der Waals surface area contributed by atoms with Crippen LogP contribution in [0.15, 0.2) is 23.6 Å². The molecule has 0 bridgehead atoms. The van der Waals surface area contributed by atoms with Crippen LogP contribution in [-0.2, 0) is 13.5 Å². The first-order chi connectivity index (χ1) is 12.1. The van der Waals surface area contributed by atoms with Crippen molar-refractivity contribution in [3.05, 3.63) is 45.4 Å². The van der Waals surface area contributed by atoms with Gasteiger partial charge in [0.1, 0.15) is 0 Å². The maximum Gasteiger partial charge on any atom is 0.252 e. The normalized spacial score (nSPS) is 14.2. The zero-order chi connectivity index (χ0) is 17.4. The molecular formula is C19H22N4OS. The number of amides is 1. The van der Waals surface area contributed by atoms with Crippen molar-refractivity contribution in [1.82, 2.24) is 20.1 Å². The predicted molar refractivity (Wildman–Crippen MR) is 100 cm³/mol. The fourth-order valence-electron chi connectivity index (χ4n) is 3.25. The number of pyridine rings is 1. The smallest absolute Gasteiger partial charge is 0.252 e. The first kappa shape index (κ1) is 16.3. The Bertz CT molecular complexity index is 909. The first-order valence-corrected chi connectivity index (χ1v) is 9.66. The number of hydrogen-bond donors (Lipinski definition) is 1. The van der Waals surface area contributed by atoms with Crippen LogP contribution in [0.1, 0.15) is 51.8 Å². The van der Waals surface area contributed by atoms with Crippen molar-refractivity contribution >= 4 is 28.3 Å². The molecule has 1 fully saturated rings. The topological polar surface area (TPSA) is 59.8 Å². The van der Waals surface area contributed by atoms with Gasteiger partial charge in [0.25, 0.3) is 5.91 Å². The molecule has 0 aromatic carbocycles. The van der Waals surface area contributed by atoms with Crippen LogP contribution in [0, 0.1) is 6.92 Å². The Balaban J connectivity index is 1.53. The standard InChI is InChI=1S/C19H22N4OS/c1-12-17-15(19(24)20-9-3-5-14-6-4-10-25-14)11-16(13-7-8-13)21-18(17)23(2)22-12/h4,6,10-11,13H,3,5,7-9H2,1-2H3,(H,20,24). The summed E-state index contributed by atoms with van der Waals surface area (Å²) >= 11 is 1.76. The van der Waals surface area contributed by atoms with E-state index in [1.807, 2.05) is 20.0 Å². The van der Waals surface area contributed by atoms with Crippen LogP contribution in [0.2, 0.25) is 0 Å². The molecule has 3 aromatic heterocycles. The molecule has 6 heteroatoms. The van der Waals surface area contributed by atoms with E-state index in [4.69, 9.17) is 4.98 Å². The van der Waals surface area contributed by atoms with Gasteiger partial charge in [0.05, 0.1) is 16.6 Å².